The zero-order valence-electron chi connectivity index (χ0n) is 20.9. The van der Waals surface area contributed by atoms with Crippen LogP contribution < -0.4 is 9.64 Å². The highest BCUT2D eigenvalue weighted by atomic mass is 16.5. The molecule has 184 valence electrons. The van der Waals surface area contributed by atoms with Crippen LogP contribution in [0.2, 0.25) is 0 Å². The number of amides is 2. The molecule has 1 aromatic heterocycles. The van der Waals surface area contributed by atoms with Crippen molar-refractivity contribution >= 4 is 17.5 Å². The van der Waals surface area contributed by atoms with Gasteiger partial charge in [0.15, 0.2) is 5.69 Å². The van der Waals surface area contributed by atoms with E-state index in [1.165, 1.54) is 0 Å². The standard InChI is InChI=1S/C27H33N5O3/c1-20(33)32-15-7-14-29(2)16-17-31(19-22-8-5-6-9-25(22)32)27(34)24-18-26(30(3)28-24)21-10-12-23(35-4)13-11-21/h5-6,8-13,18H,7,14-17,19H2,1-4H3. The van der Waals surface area contributed by atoms with Crippen LogP contribution in [0, 0.1) is 0 Å². The fourth-order valence-corrected chi connectivity index (χ4v) is 4.48. The molecule has 0 bridgehead atoms. The van der Waals surface area contributed by atoms with E-state index in [-0.39, 0.29) is 11.8 Å². The summed E-state index contributed by atoms with van der Waals surface area (Å²) in [5, 5.41) is 4.55. The quantitative estimate of drug-likeness (QED) is 0.581. The maximum absolute atomic E-state index is 13.7. The van der Waals surface area contributed by atoms with Crippen LogP contribution in [0.5, 0.6) is 5.75 Å². The van der Waals surface area contributed by atoms with Crippen molar-refractivity contribution in [2.24, 2.45) is 7.05 Å². The number of anilines is 1. The van der Waals surface area contributed by atoms with Gasteiger partial charge in [-0.2, -0.15) is 5.10 Å². The van der Waals surface area contributed by atoms with E-state index in [2.05, 4.69) is 10.00 Å². The molecule has 0 unspecified atom stereocenters. The number of hydrogen-bond donors (Lipinski definition) is 0. The highest BCUT2D eigenvalue weighted by Gasteiger charge is 2.24. The molecule has 1 aliphatic heterocycles. The lowest BCUT2D eigenvalue weighted by Gasteiger charge is -2.27. The molecule has 0 radical (unpaired) electrons. The van der Waals surface area contributed by atoms with Crippen LogP contribution in [0.1, 0.15) is 29.4 Å². The van der Waals surface area contributed by atoms with E-state index in [0.717, 1.165) is 47.8 Å². The molecule has 0 fully saturated rings. The van der Waals surface area contributed by atoms with Gasteiger partial charge in [0.1, 0.15) is 5.75 Å². The predicted octanol–water partition coefficient (Wildman–Crippen LogP) is 3.43. The molecule has 35 heavy (non-hydrogen) atoms. The van der Waals surface area contributed by atoms with Crippen molar-refractivity contribution in [3.8, 4) is 17.0 Å². The van der Waals surface area contributed by atoms with E-state index < -0.39 is 0 Å². The number of hydrogen-bond acceptors (Lipinski definition) is 5. The smallest absolute Gasteiger partial charge is 0.274 e. The van der Waals surface area contributed by atoms with Gasteiger partial charge in [-0.05, 0) is 62.0 Å². The molecule has 8 nitrogen and oxygen atoms in total. The Morgan fingerprint density at radius 1 is 0.943 bits per heavy atom. The highest BCUT2D eigenvalue weighted by Crippen LogP contribution is 2.26. The second-order valence-electron chi connectivity index (χ2n) is 8.95. The molecule has 0 atom stereocenters. The summed E-state index contributed by atoms with van der Waals surface area (Å²) in [5.41, 5.74) is 4.03. The number of carbonyl (C=O) groups excluding carboxylic acids is 2. The van der Waals surface area contributed by atoms with Crippen molar-refractivity contribution in [3.05, 3.63) is 65.9 Å². The lowest BCUT2D eigenvalue weighted by molar-refractivity contribution is -0.116. The first-order chi connectivity index (χ1) is 16.9. The molecule has 0 saturated heterocycles. The summed E-state index contributed by atoms with van der Waals surface area (Å²) in [6.45, 7) is 4.80. The van der Waals surface area contributed by atoms with Gasteiger partial charge in [0, 0.05) is 51.4 Å². The van der Waals surface area contributed by atoms with Crippen LogP contribution in [0.25, 0.3) is 11.3 Å². The van der Waals surface area contributed by atoms with Crippen LogP contribution >= 0.6 is 0 Å². The van der Waals surface area contributed by atoms with Crippen molar-refractivity contribution in [3.63, 3.8) is 0 Å². The van der Waals surface area contributed by atoms with Gasteiger partial charge in [-0.15, -0.1) is 0 Å². The van der Waals surface area contributed by atoms with Gasteiger partial charge in [0.05, 0.1) is 12.8 Å². The maximum Gasteiger partial charge on any atom is 0.274 e. The van der Waals surface area contributed by atoms with Gasteiger partial charge in [0.2, 0.25) is 5.91 Å². The number of para-hydroxylation sites is 1. The Kier molecular flexibility index (Phi) is 7.51. The fraction of sp³-hybridized carbons (Fsp3) is 0.370. The van der Waals surface area contributed by atoms with Crippen molar-refractivity contribution in [2.75, 3.05) is 45.2 Å². The van der Waals surface area contributed by atoms with Crippen LogP contribution in [0.3, 0.4) is 0 Å². The number of benzene rings is 2. The topological polar surface area (TPSA) is 70.9 Å². The zero-order valence-corrected chi connectivity index (χ0v) is 20.9. The van der Waals surface area contributed by atoms with Crippen LogP contribution in [0.15, 0.2) is 54.6 Å². The number of nitrogens with zero attached hydrogens (tertiary/aromatic N) is 5. The van der Waals surface area contributed by atoms with Crippen molar-refractivity contribution in [1.29, 1.82) is 0 Å². The molecular formula is C27H33N5O3. The third-order valence-electron chi connectivity index (χ3n) is 6.47. The maximum atomic E-state index is 13.7. The molecule has 0 spiro atoms. The normalized spacial score (nSPS) is 15.3. The minimum absolute atomic E-state index is 0.00564. The second kappa shape index (κ2) is 10.7. The van der Waals surface area contributed by atoms with E-state index in [1.54, 1.807) is 18.7 Å². The van der Waals surface area contributed by atoms with E-state index in [4.69, 9.17) is 4.74 Å². The molecule has 2 amide bonds. The number of aryl methyl sites for hydroxylation is 1. The molecule has 0 aliphatic carbocycles. The van der Waals surface area contributed by atoms with Crippen molar-refractivity contribution in [2.45, 2.75) is 19.9 Å². The lowest BCUT2D eigenvalue weighted by atomic mass is 10.1. The monoisotopic (exact) mass is 475 g/mol. The number of methoxy groups -OCH3 is 1. The summed E-state index contributed by atoms with van der Waals surface area (Å²) < 4.78 is 6.99. The van der Waals surface area contributed by atoms with E-state index in [1.807, 2.05) is 78.5 Å². The minimum atomic E-state index is -0.128. The summed E-state index contributed by atoms with van der Waals surface area (Å²) in [5.74, 6) is 0.654. The Morgan fingerprint density at radius 2 is 1.69 bits per heavy atom. The van der Waals surface area contributed by atoms with Crippen molar-refractivity contribution < 1.29 is 14.3 Å². The Labute approximate surface area is 206 Å². The first kappa shape index (κ1) is 24.5. The fourth-order valence-electron chi connectivity index (χ4n) is 4.48. The van der Waals surface area contributed by atoms with Gasteiger partial charge in [-0.25, -0.2) is 0 Å². The van der Waals surface area contributed by atoms with Gasteiger partial charge in [0.25, 0.3) is 5.91 Å². The third-order valence-corrected chi connectivity index (χ3v) is 6.47. The minimum Gasteiger partial charge on any atom is -0.497 e. The summed E-state index contributed by atoms with van der Waals surface area (Å²) in [6.07, 6.45) is 0.865. The number of aromatic nitrogens is 2. The van der Waals surface area contributed by atoms with E-state index in [9.17, 15) is 9.59 Å². The number of rotatable bonds is 3. The third kappa shape index (κ3) is 5.54. The average Bonchev–Trinajstić information content (AvgIpc) is 3.24. The predicted molar refractivity (Wildman–Crippen MR) is 137 cm³/mol. The van der Waals surface area contributed by atoms with E-state index in [0.29, 0.717) is 25.3 Å². The van der Waals surface area contributed by atoms with Gasteiger partial charge in [-0.1, -0.05) is 18.2 Å². The SMILES string of the molecule is COc1ccc(-c2cc(C(=O)N3CCN(C)CCCN(C(C)=O)c4ccccc4C3)nn2C)cc1. The Bertz CT molecular complexity index is 1190. The number of ether oxygens (including phenoxy) is 1. The molecule has 3 aromatic rings. The Morgan fingerprint density at radius 3 is 2.40 bits per heavy atom. The summed E-state index contributed by atoms with van der Waals surface area (Å²) in [6, 6.07) is 17.4. The molecule has 1 aliphatic rings. The largest absolute Gasteiger partial charge is 0.497 e. The molecule has 4 rings (SSSR count). The molecule has 8 heteroatoms. The van der Waals surface area contributed by atoms with Crippen LogP contribution in [-0.2, 0) is 18.4 Å². The Hall–Kier alpha value is -3.65. The summed E-state index contributed by atoms with van der Waals surface area (Å²) in [4.78, 5) is 32.0. The van der Waals surface area contributed by atoms with Crippen LogP contribution in [-0.4, -0.2) is 71.7 Å². The van der Waals surface area contributed by atoms with Crippen molar-refractivity contribution in [1.82, 2.24) is 19.6 Å². The van der Waals surface area contributed by atoms with Crippen LogP contribution in [0.4, 0.5) is 5.69 Å². The van der Waals surface area contributed by atoms with Gasteiger partial charge < -0.3 is 19.4 Å². The first-order valence-electron chi connectivity index (χ1n) is 11.9. The average molecular weight is 476 g/mol. The molecular weight excluding hydrogens is 442 g/mol. The summed E-state index contributed by atoms with van der Waals surface area (Å²) >= 11 is 0. The lowest BCUT2D eigenvalue weighted by Crippen LogP contribution is -2.37. The van der Waals surface area contributed by atoms with E-state index >= 15 is 0 Å². The molecule has 2 aromatic carbocycles. The molecule has 0 N–H and O–H groups in total. The molecule has 0 saturated carbocycles. The number of carbonyl (C=O) groups is 2. The first-order valence-corrected chi connectivity index (χ1v) is 11.9. The van der Waals surface area contributed by atoms with Gasteiger partial charge >= 0.3 is 0 Å². The Balaban J connectivity index is 1.66. The highest BCUT2D eigenvalue weighted by molar-refractivity contribution is 5.94. The number of likely N-dealkylation sites (N-methyl/N-ethyl adjacent to an activating group) is 1. The zero-order chi connectivity index (χ0) is 24.9. The number of fused-ring (bicyclic) bond motifs is 1. The second-order valence-corrected chi connectivity index (χ2v) is 8.95. The van der Waals surface area contributed by atoms with Gasteiger partial charge in [-0.3, -0.25) is 14.3 Å². The molecule has 2 heterocycles. The summed E-state index contributed by atoms with van der Waals surface area (Å²) in [7, 11) is 5.53.